The van der Waals surface area contributed by atoms with Crippen LogP contribution in [0.25, 0.3) is 0 Å². The van der Waals surface area contributed by atoms with E-state index in [4.69, 9.17) is 8.85 Å². The van der Waals surface area contributed by atoms with Gasteiger partial charge in [0.15, 0.2) is 0 Å². The first-order chi connectivity index (χ1) is 11.6. The smallest absolute Gasteiger partial charge is 0.383 e. The van der Waals surface area contributed by atoms with E-state index in [1.807, 2.05) is 0 Å². The molecule has 1 saturated heterocycles. The molecule has 0 N–H and O–H groups in total. The van der Waals surface area contributed by atoms with E-state index in [1.54, 1.807) is 0 Å². The van der Waals surface area contributed by atoms with Gasteiger partial charge in [-0.25, -0.2) is 0 Å². The normalized spacial score (nSPS) is 38.2. The predicted octanol–water partition coefficient (Wildman–Crippen LogP) is 5.23. The average molecular weight is 354 g/mol. The lowest BCUT2D eigenvalue weighted by molar-refractivity contribution is 0.0564. The third-order valence-corrected chi connectivity index (χ3v) is 11.5. The van der Waals surface area contributed by atoms with Gasteiger partial charge in [-0.15, -0.1) is 0 Å². The lowest BCUT2D eigenvalue weighted by atomic mass is 9.82. The summed E-state index contributed by atoms with van der Waals surface area (Å²) in [6.07, 6.45) is 12.5. The number of piperidine rings is 1. The Kier molecular flexibility index (Phi) is 6.44. The molecule has 0 radical (unpaired) electrons. The van der Waals surface area contributed by atoms with Gasteiger partial charge in [0.2, 0.25) is 0 Å². The Labute approximate surface area is 150 Å². The monoisotopic (exact) mass is 353 g/mol. The van der Waals surface area contributed by atoms with Gasteiger partial charge in [-0.2, -0.15) is 0 Å². The Balaban J connectivity index is 1.89. The second kappa shape index (κ2) is 8.19. The van der Waals surface area contributed by atoms with Crippen molar-refractivity contribution >= 4 is 8.72 Å². The van der Waals surface area contributed by atoms with Crippen LogP contribution < -0.4 is 0 Å². The van der Waals surface area contributed by atoms with Crippen LogP contribution in [0, 0.1) is 11.8 Å². The van der Waals surface area contributed by atoms with Crippen LogP contribution in [-0.2, 0) is 8.85 Å². The highest BCUT2D eigenvalue weighted by Crippen LogP contribution is 2.53. The van der Waals surface area contributed by atoms with Crippen LogP contribution in [0.5, 0.6) is 0 Å². The van der Waals surface area contributed by atoms with E-state index in [0.717, 1.165) is 25.0 Å². The van der Waals surface area contributed by atoms with Crippen LogP contribution in [0.15, 0.2) is 0 Å². The van der Waals surface area contributed by atoms with Gasteiger partial charge < -0.3 is 8.85 Å². The number of hydrogen-bond acceptors (Lipinski definition) is 3. The molecule has 3 fully saturated rings. The number of nitrogens with zero attached hydrogens (tertiary/aromatic N) is 1. The summed E-state index contributed by atoms with van der Waals surface area (Å²) in [6, 6.07) is 1.22. The first-order valence-corrected chi connectivity index (χ1v) is 12.5. The van der Waals surface area contributed by atoms with Crippen LogP contribution >= 0.6 is 0 Å². The molecule has 0 amide bonds. The summed E-state index contributed by atoms with van der Waals surface area (Å²) in [7, 11) is -2.34. The molecule has 24 heavy (non-hydrogen) atoms. The molecule has 3 nitrogen and oxygen atoms in total. The van der Waals surface area contributed by atoms with E-state index < -0.39 is 8.72 Å². The van der Waals surface area contributed by atoms with E-state index in [1.165, 1.54) is 57.8 Å². The molecule has 140 valence electrons. The Morgan fingerprint density at radius 3 is 1.75 bits per heavy atom. The van der Waals surface area contributed by atoms with Gasteiger partial charge in [-0.3, -0.25) is 4.57 Å². The van der Waals surface area contributed by atoms with Crippen molar-refractivity contribution in [1.29, 1.82) is 0 Å². The molecular weight excluding hydrogens is 314 g/mol. The highest BCUT2D eigenvalue weighted by atomic mass is 28.4. The molecule has 0 aromatic carbocycles. The van der Waals surface area contributed by atoms with Crippen molar-refractivity contribution in [2.24, 2.45) is 11.8 Å². The molecule has 0 aromatic heterocycles. The molecule has 0 spiro atoms. The van der Waals surface area contributed by atoms with Crippen molar-refractivity contribution in [2.75, 3.05) is 13.2 Å². The summed E-state index contributed by atoms with van der Waals surface area (Å²) in [4.78, 5) is 0. The molecular formula is C20H39NO2Si. The zero-order valence-electron chi connectivity index (χ0n) is 16.4. The maximum Gasteiger partial charge on any atom is 0.431 e. The summed E-state index contributed by atoms with van der Waals surface area (Å²) >= 11 is 0. The Hall–Kier alpha value is 0.0969. The Bertz CT molecular complexity index is 375. The zero-order chi connectivity index (χ0) is 17.2. The summed E-state index contributed by atoms with van der Waals surface area (Å²) in [5.74, 6) is 1.90. The van der Waals surface area contributed by atoms with Crippen LogP contribution in [0.3, 0.4) is 0 Å². The third kappa shape index (κ3) is 3.49. The van der Waals surface area contributed by atoms with Gasteiger partial charge in [0.05, 0.1) is 0 Å². The second-order valence-corrected chi connectivity index (χ2v) is 11.7. The van der Waals surface area contributed by atoms with Crippen molar-refractivity contribution in [1.82, 2.24) is 4.57 Å². The predicted molar refractivity (Wildman–Crippen MR) is 102 cm³/mol. The third-order valence-electron chi connectivity index (χ3n) is 7.01. The minimum Gasteiger partial charge on any atom is -0.383 e. The molecule has 1 heterocycles. The fourth-order valence-electron chi connectivity index (χ4n) is 6.12. The molecule has 0 aromatic rings. The molecule has 4 atom stereocenters. The van der Waals surface area contributed by atoms with Gasteiger partial charge in [0.1, 0.15) is 0 Å². The fraction of sp³-hybridized carbons (Fsp3) is 1.00. The van der Waals surface area contributed by atoms with E-state index >= 15 is 0 Å². The number of fused-ring (bicyclic) bond motifs is 1. The maximum atomic E-state index is 6.68. The second-order valence-electron chi connectivity index (χ2n) is 8.51. The quantitative estimate of drug-likeness (QED) is 0.610. The maximum absolute atomic E-state index is 6.68. The van der Waals surface area contributed by atoms with Gasteiger partial charge in [-0.05, 0) is 65.2 Å². The van der Waals surface area contributed by atoms with Crippen molar-refractivity contribution in [3.05, 3.63) is 0 Å². The van der Waals surface area contributed by atoms with Crippen molar-refractivity contribution in [3.8, 4) is 0 Å². The molecule has 3 aliphatic rings. The van der Waals surface area contributed by atoms with Crippen LogP contribution in [-0.4, -0.2) is 38.6 Å². The van der Waals surface area contributed by atoms with Crippen molar-refractivity contribution < 1.29 is 8.85 Å². The minimum absolute atomic E-state index is 0.612. The van der Waals surface area contributed by atoms with Gasteiger partial charge in [-0.1, -0.05) is 32.1 Å². The van der Waals surface area contributed by atoms with E-state index in [2.05, 4.69) is 32.3 Å². The molecule has 0 bridgehead atoms. The summed E-state index contributed by atoms with van der Waals surface area (Å²) in [5.41, 5.74) is 0.675. The number of hydrogen-bond donors (Lipinski definition) is 0. The van der Waals surface area contributed by atoms with Crippen molar-refractivity contribution in [3.63, 3.8) is 0 Å². The van der Waals surface area contributed by atoms with Crippen molar-refractivity contribution in [2.45, 2.75) is 103 Å². The van der Waals surface area contributed by atoms with E-state index in [9.17, 15) is 0 Å². The highest BCUT2D eigenvalue weighted by molar-refractivity contribution is 6.66. The van der Waals surface area contributed by atoms with Crippen LogP contribution in [0.1, 0.15) is 85.5 Å². The molecule has 3 rings (SSSR count). The zero-order valence-corrected chi connectivity index (χ0v) is 17.4. The lowest BCUT2D eigenvalue weighted by Crippen LogP contribution is -2.67. The average Bonchev–Trinajstić information content (AvgIpc) is 2.99. The molecule has 4 unspecified atom stereocenters. The minimum atomic E-state index is -2.34. The Morgan fingerprint density at radius 2 is 1.29 bits per heavy atom. The first-order valence-electron chi connectivity index (χ1n) is 10.7. The van der Waals surface area contributed by atoms with Gasteiger partial charge >= 0.3 is 8.72 Å². The molecule has 4 heteroatoms. The van der Waals surface area contributed by atoms with E-state index in [0.29, 0.717) is 17.6 Å². The van der Waals surface area contributed by atoms with E-state index in [-0.39, 0.29) is 0 Å². The molecule has 2 saturated carbocycles. The number of rotatable bonds is 6. The summed E-state index contributed by atoms with van der Waals surface area (Å²) in [5, 5.41) is 0. The van der Waals surface area contributed by atoms with Crippen LogP contribution in [0.4, 0.5) is 0 Å². The van der Waals surface area contributed by atoms with Crippen LogP contribution in [0.2, 0.25) is 5.54 Å². The lowest BCUT2D eigenvalue weighted by Gasteiger charge is -2.51. The Morgan fingerprint density at radius 1 is 0.792 bits per heavy atom. The highest BCUT2D eigenvalue weighted by Gasteiger charge is 2.58. The topological polar surface area (TPSA) is 21.7 Å². The summed E-state index contributed by atoms with van der Waals surface area (Å²) < 4.78 is 16.1. The summed E-state index contributed by atoms with van der Waals surface area (Å²) in [6.45, 7) is 10.8. The molecule has 2 aliphatic carbocycles. The SMILES string of the molecule is CCO[Si](OCC)(C1CC2CCCCC2C1)N1C(C)CCCC1C. The fourth-order valence-corrected chi connectivity index (χ4v) is 10.9. The van der Waals surface area contributed by atoms with Gasteiger partial charge in [0.25, 0.3) is 0 Å². The van der Waals surface area contributed by atoms with Gasteiger partial charge in [0, 0.05) is 30.8 Å². The first kappa shape index (κ1) is 18.9. The molecule has 1 aliphatic heterocycles. The largest absolute Gasteiger partial charge is 0.431 e. The standard InChI is InChI=1S/C20H39NO2Si/c1-5-22-24(23-6-2,21-16(3)10-9-11-17(21)4)20-14-18-12-7-8-13-19(18)15-20/h16-20H,5-15H2,1-4H3.